The van der Waals surface area contributed by atoms with Crippen molar-refractivity contribution in [3.8, 4) is 0 Å². The molecule has 0 saturated carbocycles. The van der Waals surface area contributed by atoms with Crippen LogP contribution < -0.4 is 5.32 Å². The van der Waals surface area contributed by atoms with Gasteiger partial charge in [-0.3, -0.25) is 0 Å². The molecule has 0 heterocycles. The minimum atomic E-state index is 0.669. The molecule has 3 heteroatoms. The Morgan fingerprint density at radius 2 is 2.09 bits per heavy atom. The highest BCUT2D eigenvalue weighted by atomic mass is 35.5. The zero-order valence-corrected chi connectivity index (χ0v) is 7.49. The lowest BCUT2D eigenvalue weighted by molar-refractivity contribution is -0.612. The summed E-state index contributed by atoms with van der Waals surface area (Å²) >= 11 is 11.6. The predicted molar refractivity (Wildman–Crippen MR) is 47.4 cm³/mol. The summed E-state index contributed by atoms with van der Waals surface area (Å²) in [5.41, 5.74) is 1.06. The molecule has 1 aromatic carbocycles. The first-order valence-corrected chi connectivity index (χ1v) is 4.04. The van der Waals surface area contributed by atoms with Gasteiger partial charge in [0.05, 0.1) is 11.6 Å². The van der Waals surface area contributed by atoms with Gasteiger partial charge < -0.3 is 5.32 Å². The van der Waals surface area contributed by atoms with E-state index in [0.29, 0.717) is 10.0 Å². The summed E-state index contributed by atoms with van der Waals surface area (Å²) in [6.45, 7) is 0.788. The van der Waals surface area contributed by atoms with E-state index in [0.717, 1.165) is 12.1 Å². The Bertz CT molecular complexity index is 248. The monoisotopic (exact) mass is 189 g/mol. The van der Waals surface area contributed by atoms with Crippen LogP contribution in [-0.4, -0.2) is 0 Å². The first kappa shape index (κ1) is 8.85. The molecular formula is C8H9Cl2N. The van der Waals surface area contributed by atoms with E-state index in [1.165, 1.54) is 0 Å². The Hall–Kier alpha value is -0.240. The second-order valence-electron chi connectivity index (χ2n) is 2.23. The first-order valence-electron chi connectivity index (χ1n) is 3.29. The van der Waals surface area contributed by atoms with Crippen molar-refractivity contribution < 1.29 is 5.32 Å². The highest BCUT2D eigenvalue weighted by Crippen LogP contribution is 2.19. The van der Waals surface area contributed by atoms with Crippen LogP contribution in [-0.2, 0) is 6.54 Å². The van der Waals surface area contributed by atoms with Crippen molar-refractivity contribution >= 4 is 23.2 Å². The van der Waals surface area contributed by atoms with Gasteiger partial charge >= 0.3 is 0 Å². The molecule has 1 nitrogen and oxygen atoms in total. The molecule has 60 valence electrons. The van der Waals surface area contributed by atoms with E-state index in [9.17, 15) is 0 Å². The average Bonchev–Trinajstić information content (AvgIpc) is 1.95. The number of hydrogen-bond donors (Lipinski definition) is 1. The van der Waals surface area contributed by atoms with Crippen LogP contribution in [0.4, 0.5) is 0 Å². The smallest absolute Gasteiger partial charge is 0.0787 e. The van der Waals surface area contributed by atoms with Gasteiger partial charge in [-0.05, 0) is 12.1 Å². The largest absolute Gasteiger partial charge is 0.475 e. The maximum absolute atomic E-state index is 5.88. The van der Waals surface area contributed by atoms with Crippen molar-refractivity contribution in [2.75, 3.05) is 0 Å². The summed E-state index contributed by atoms with van der Waals surface area (Å²) in [5.74, 6) is 0. The number of rotatable bonds is 2. The van der Waals surface area contributed by atoms with E-state index in [4.69, 9.17) is 23.2 Å². The van der Waals surface area contributed by atoms with E-state index < -0.39 is 0 Å². The van der Waals surface area contributed by atoms with Gasteiger partial charge in [-0.15, -0.1) is 0 Å². The third-order valence-electron chi connectivity index (χ3n) is 1.38. The van der Waals surface area contributed by atoms with Crippen LogP contribution in [0.25, 0.3) is 0 Å². The van der Waals surface area contributed by atoms with E-state index >= 15 is 0 Å². The molecule has 0 aliphatic rings. The van der Waals surface area contributed by atoms with Gasteiger partial charge in [0.25, 0.3) is 0 Å². The van der Waals surface area contributed by atoms with Crippen molar-refractivity contribution in [2.45, 2.75) is 6.54 Å². The zero-order valence-electron chi connectivity index (χ0n) is 5.98. The molecule has 0 unspecified atom stereocenters. The second-order valence-corrected chi connectivity index (χ2v) is 3.07. The Morgan fingerprint density at radius 1 is 1.36 bits per heavy atom. The van der Waals surface area contributed by atoms with E-state index in [1.54, 1.807) is 6.07 Å². The lowest BCUT2D eigenvalue weighted by Gasteiger charge is -2.02. The molecule has 0 amide bonds. The molecular weight excluding hydrogens is 181 g/mol. The van der Waals surface area contributed by atoms with Gasteiger partial charge in [-0.1, -0.05) is 29.3 Å². The Kier molecular flexibility index (Phi) is 3.18. The molecule has 0 fully saturated rings. The third-order valence-corrected chi connectivity index (χ3v) is 1.97. The van der Waals surface area contributed by atoms with Crippen molar-refractivity contribution in [1.29, 1.82) is 0 Å². The van der Waals surface area contributed by atoms with Crippen LogP contribution in [0, 0.1) is 7.05 Å². The van der Waals surface area contributed by atoms with Crippen molar-refractivity contribution in [2.24, 2.45) is 0 Å². The van der Waals surface area contributed by atoms with Gasteiger partial charge in [0, 0.05) is 10.6 Å². The molecule has 2 N–H and O–H groups in total. The van der Waals surface area contributed by atoms with E-state index in [1.807, 2.05) is 17.4 Å². The third kappa shape index (κ3) is 2.37. The number of benzene rings is 1. The Balaban J connectivity index is 2.90. The van der Waals surface area contributed by atoms with Crippen molar-refractivity contribution in [3.63, 3.8) is 0 Å². The van der Waals surface area contributed by atoms with Crippen LogP contribution in [0.3, 0.4) is 0 Å². The quantitative estimate of drug-likeness (QED) is 0.685. The molecule has 0 aliphatic heterocycles. The normalized spacial score (nSPS) is 10.1. The predicted octanol–water partition coefficient (Wildman–Crippen LogP) is 1.85. The van der Waals surface area contributed by atoms with Gasteiger partial charge in [-0.2, -0.15) is 7.05 Å². The molecule has 11 heavy (non-hydrogen) atoms. The fourth-order valence-electron chi connectivity index (χ4n) is 0.843. The van der Waals surface area contributed by atoms with E-state index in [2.05, 4.69) is 7.05 Å². The topological polar surface area (TPSA) is 16.6 Å². The molecule has 0 bridgehead atoms. The van der Waals surface area contributed by atoms with Gasteiger partial charge in [0.2, 0.25) is 0 Å². The molecule has 1 aromatic rings. The van der Waals surface area contributed by atoms with Crippen LogP contribution in [0.5, 0.6) is 0 Å². The second kappa shape index (κ2) is 3.96. The average molecular weight is 190 g/mol. The fraction of sp³-hybridized carbons (Fsp3) is 0.125. The minimum absolute atomic E-state index is 0.669. The SMILES string of the molecule is [CH2-][NH2+]Cc1ccc(Cl)cc1Cl. The Labute approximate surface area is 76.3 Å². The summed E-state index contributed by atoms with van der Waals surface area (Å²) < 4.78 is 0. The summed E-state index contributed by atoms with van der Waals surface area (Å²) in [4.78, 5) is 0. The summed E-state index contributed by atoms with van der Waals surface area (Å²) in [7, 11) is 3.63. The fourth-order valence-corrected chi connectivity index (χ4v) is 1.33. The molecule has 0 radical (unpaired) electrons. The highest BCUT2D eigenvalue weighted by molar-refractivity contribution is 6.35. The number of hydrogen-bond acceptors (Lipinski definition) is 0. The summed E-state index contributed by atoms with van der Waals surface area (Å²) in [6, 6.07) is 5.47. The molecule has 0 saturated heterocycles. The number of quaternary nitrogens is 1. The maximum atomic E-state index is 5.88. The Morgan fingerprint density at radius 3 is 2.64 bits per heavy atom. The lowest BCUT2D eigenvalue weighted by Crippen LogP contribution is -2.74. The first-order chi connectivity index (χ1) is 5.24. The zero-order chi connectivity index (χ0) is 8.27. The number of nitrogens with two attached hydrogens (primary N) is 1. The molecule has 0 spiro atoms. The van der Waals surface area contributed by atoms with E-state index in [-0.39, 0.29) is 0 Å². The van der Waals surface area contributed by atoms with Crippen LogP contribution in [0.1, 0.15) is 5.56 Å². The maximum Gasteiger partial charge on any atom is 0.0787 e. The van der Waals surface area contributed by atoms with Gasteiger partial charge in [0.1, 0.15) is 0 Å². The van der Waals surface area contributed by atoms with Gasteiger partial charge in [-0.25, -0.2) is 0 Å². The van der Waals surface area contributed by atoms with Gasteiger partial charge in [0.15, 0.2) is 0 Å². The highest BCUT2D eigenvalue weighted by Gasteiger charge is 1.99. The summed E-state index contributed by atoms with van der Waals surface area (Å²) in [6.07, 6.45) is 0. The molecule has 0 atom stereocenters. The van der Waals surface area contributed by atoms with Crippen LogP contribution in [0.2, 0.25) is 10.0 Å². The molecule has 0 aromatic heterocycles. The number of halogens is 2. The van der Waals surface area contributed by atoms with Crippen molar-refractivity contribution in [3.05, 3.63) is 40.9 Å². The molecule has 1 rings (SSSR count). The minimum Gasteiger partial charge on any atom is -0.475 e. The van der Waals surface area contributed by atoms with Crippen LogP contribution in [0.15, 0.2) is 18.2 Å². The lowest BCUT2D eigenvalue weighted by atomic mass is 10.2. The summed E-state index contributed by atoms with van der Waals surface area (Å²) in [5, 5.41) is 3.19. The molecule has 0 aliphatic carbocycles. The van der Waals surface area contributed by atoms with Crippen molar-refractivity contribution in [1.82, 2.24) is 0 Å². The standard InChI is InChI=1S/C8H9Cl2N/c1-11-5-6-2-3-7(9)4-8(6)10/h2-4H,1,5,11H2. The van der Waals surface area contributed by atoms with Crippen LogP contribution >= 0.6 is 23.2 Å².